The number of ether oxygens (including phenoxy) is 2. The van der Waals surface area contributed by atoms with Gasteiger partial charge in [0, 0.05) is 18.5 Å². The molecule has 0 saturated heterocycles. The number of carbonyl (C=O) groups is 1. The molecule has 32 heavy (non-hydrogen) atoms. The maximum atomic E-state index is 14.6. The Balaban J connectivity index is 1.69. The summed E-state index contributed by atoms with van der Waals surface area (Å²) in [6.45, 7) is 5.24. The van der Waals surface area contributed by atoms with Gasteiger partial charge in [-0.1, -0.05) is 6.07 Å². The molecule has 1 fully saturated rings. The standard InChI is InChI=1S/C22H29F2N5O3/c1-21(2,3)29-19-12-16(28-29)14-7-8-15(11-14)32-20(30)25-9-10-31-13-22(23,24)17-5-4-6-18(26-17)27-19/h4-6,12,14-15H,7-11,13H2,1-3H3,(H,25,30)(H,26,27)/t14-,15+/m0/s1. The second kappa shape index (κ2) is 8.65. The van der Waals surface area contributed by atoms with Crippen LogP contribution in [0.15, 0.2) is 24.3 Å². The van der Waals surface area contributed by atoms with Crippen molar-refractivity contribution in [1.29, 1.82) is 0 Å². The van der Waals surface area contributed by atoms with Gasteiger partial charge in [0.25, 0.3) is 0 Å². The molecular formula is C22H29F2N5O3. The zero-order chi connectivity index (χ0) is 22.9. The molecule has 2 aromatic rings. The number of pyridine rings is 1. The number of hydrogen-bond acceptors (Lipinski definition) is 6. The molecule has 3 heterocycles. The fourth-order valence-electron chi connectivity index (χ4n) is 4.05. The van der Waals surface area contributed by atoms with Crippen molar-refractivity contribution in [2.24, 2.45) is 0 Å². The van der Waals surface area contributed by atoms with E-state index in [1.807, 2.05) is 31.5 Å². The fourth-order valence-corrected chi connectivity index (χ4v) is 4.05. The molecule has 0 aromatic carbocycles. The Morgan fingerprint density at radius 1 is 1.25 bits per heavy atom. The lowest BCUT2D eigenvalue weighted by Crippen LogP contribution is -2.32. The molecule has 1 aliphatic carbocycles. The van der Waals surface area contributed by atoms with E-state index in [2.05, 4.69) is 15.6 Å². The maximum absolute atomic E-state index is 14.6. The van der Waals surface area contributed by atoms with Crippen LogP contribution in [0.3, 0.4) is 0 Å². The summed E-state index contributed by atoms with van der Waals surface area (Å²) in [5, 5.41) is 10.5. The molecule has 1 saturated carbocycles. The summed E-state index contributed by atoms with van der Waals surface area (Å²) in [6.07, 6.45) is 1.50. The van der Waals surface area contributed by atoms with E-state index in [1.54, 1.807) is 6.07 Å². The van der Waals surface area contributed by atoms with Gasteiger partial charge in [-0.3, -0.25) is 0 Å². The molecule has 2 N–H and O–H groups in total. The van der Waals surface area contributed by atoms with Crippen molar-refractivity contribution in [2.45, 2.75) is 63.5 Å². The van der Waals surface area contributed by atoms with Gasteiger partial charge in [-0.25, -0.2) is 14.5 Å². The highest BCUT2D eigenvalue weighted by Crippen LogP contribution is 2.38. The van der Waals surface area contributed by atoms with Gasteiger partial charge in [0.2, 0.25) is 0 Å². The van der Waals surface area contributed by atoms with Gasteiger partial charge in [0.05, 0.1) is 17.8 Å². The highest BCUT2D eigenvalue weighted by atomic mass is 19.3. The van der Waals surface area contributed by atoms with Crippen LogP contribution in [0.1, 0.15) is 57.3 Å². The second-order valence-corrected chi connectivity index (χ2v) is 9.29. The zero-order valence-corrected chi connectivity index (χ0v) is 18.5. The molecule has 4 rings (SSSR count). The number of alkyl halides is 2. The van der Waals surface area contributed by atoms with Gasteiger partial charge >= 0.3 is 12.0 Å². The summed E-state index contributed by atoms with van der Waals surface area (Å²) >= 11 is 0. The molecule has 2 atom stereocenters. The third kappa shape index (κ3) is 5.01. The minimum atomic E-state index is -3.28. The topological polar surface area (TPSA) is 90.3 Å². The first-order valence-corrected chi connectivity index (χ1v) is 10.9. The lowest BCUT2D eigenvalue weighted by Gasteiger charge is -2.23. The van der Waals surface area contributed by atoms with Crippen LogP contribution in [0, 0.1) is 0 Å². The van der Waals surface area contributed by atoms with Crippen molar-refractivity contribution in [2.75, 3.05) is 25.1 Å². The second-order valence-electron chi connectivity index (χ2n) is 9.29. The van der Waals surface area contributed by atoms with Gasteiger partial charge in [-0.05, 0) is 52.2 Å². The van der Waals surface area contributed by atoms with Crippen LogP contribution in [0.25, 0.3) is 0 Å². The minimum Gasteiger partial charge on any atom is -0.446 e. The SMILES string of the molecule is CC(C)(C)n1nc2cc1Nc1cccc(n1)C(F)(F)COCCNC(=O)O[C@@H]1CC[C@H]2C1. The number of rotatable bonds is 0. The number of hydrogen-bond donors (Lipinski definition) is 2. The summed E-state index contributed by atoms with van der Waals surface area (Å²) in [4.78, 5) is 16.2. The smallest absolute Gasteiger partial charge is 0.407 e. The van der Waals surface area contributed by atoms with Crippen LogP contribution in [-0.4, -0.2) is 46.7 Å². The minimum absolute atomic E-state index is 0.0554. The third-order valence-electron chi connectivity index (χ3n) is 5.62. The van der Waals surface area contributed by atoms with Crippen molar-refractivity contribution in [3.8, 4) is 0 Å². The molecule has 2 aromatic heterocycles. The maximum Gasteiger partial charge on any atom is 0.407 e. The van der Waals surface area contributed by atoms with Crippen molar-refractivity contribution in [1.82, 2.24) is 20.1 Å². The Bertz CT molecular complexity index is 973. The highest BCUT2D eigenvalue weighted by Gasteiger charge is 2.35. The summed E-state index contributed by atoms with van der Waals surface area (Å²) in [5.41, 5.74) is 0.143. The van der Waals surface area contributed by atoms with Crippen molar-refractivity contribution in [3.05, 3.63) is 35.7 Å². The number of amides is 1. The molecule has 2 aliphatic rings. The molecule has 1 amide bonds. The number of nitrogens with one attached hydrogen (secondary N) is 2. The van der Waals surface area contributed by atoms with Crippen molar-refractivity contribution in [3.63, 3.8) is 0 Å². The zero-order valence-electron chi connectivity index (χ0n) is 18.5. The van der Waals surface area contributed by atoms with Gasteiger partial charge in [-0.15, -0.1) is 0 Å². The summed E-state index contributed by atoms with van der Waals surface area (Å²) in [6, 6.07) is 6.38. The Hall–Kier alpha value is -2.75. The monoisotopic (exact) mass is 449 g/mol. The first-order chi connectivity index (χ1) is 15.1. The van der Waals surface area contributed by atoms with Gasteiger partial charge < -0.3 is 20.1 Å². The van der Waals surface area contributed by atoms with Crippen LogP contribution in [-0.2, 0) is 20.9 Å². The quantitative estimate of drug-likeness (QED) is 0.625. The number of alkyl carbamates (subject to hydrolysis) is 1. The first kappa shape index (κ1) is 22.4. The van der Waals surface area contributed by atoms with E-state index < -0.39 is 24.3 Å². The van der Waals surface area contributed by atoms with Crippen molar-refractivity contribution < 1.29 is 23.0 Å². The van der Waals surface area contributed by atoms with E-state index in [1.165, 1.54) is 12.1 Å². The Kier molecular flexibility index (Phi) is 6.07. The number of halogens is 2. The Morgan fingerprint density at radius 3 is 2.84 bits per heavy atom. The normalized spacial score (nSPS) is 24.0. The van der Waals surface area contributed by atoms with Gasteiger partial charge in [0.15, 0.2) is 0 Å². The number of carbonyl (C=O) groups excluding carboxylic acids is 1. The average Bonchev–Trinajstić information content (AvgIpc) is 3.34. The number of aromatic nitrogens is 3. The van der Waals surface area contributed by atoms with Crippen LogP contribution < -0.4 is 10.6 Å². The summed E-state index contributed by atoms with van der Waals surface area (Å²) in [7, 11) is 0. The van der Waals surface area contributed by atoms with Crippen LogP contribution in [0.2, 0.25) is 0 Å². The fraction of sp³-hybridized carbons (Fsp3) is 0.591. The molecule has 10 heteroatoms. The molecule has 6 bridgehead atoms. The lowest BCUT2D eigenvalue weighted by molar-refractivity contribution is -0.0846. The first-order valence-electron chi connectivity index (χ1n) is 10.9. The van der Waals surface area contributed by atoms with Crippen LogP contribution >= 0.6 is 0 Å². The molecule has 1 aliphatic heterocycles. The van der Waals surface area contributed by atoms with Crippen LogP contribution in [0.5, 0.6) is 0 Å². The van der Waals surface area contributed by atoms with E-state index in [0.717, 1.165) is 18.5 Å². The largest absolute Gasteiger partial charge is 0.446 e. The van der Waals surface area contributed by atoms with Crippen molar-refractivity contribution >= 4 is 17.7 Å². The van der Waals surface area contributed by atoms with E-state index in [4.69, 9.17) is 14.6 Å². The van der Waals surface area contributed by atoms with E-state index in [0.29, 0.717) is 18.1 Å². The van der Waals surface area contributed by atoms with Gasteiger partial charge in [0.1, 0.15) is 30.0 Å². The predicted octanol–water partition coefficient (Wildman–Crippen LogP) is 4.26. The van der Waals surface area contributed by atoms with E-state index >= 15 is 0 Å². The Labute approximate surface area is 185 Å². The van der Waals surface area contributed by atoms with E-state index in [9.17, 15) is 13.6 Å². The number of nitrogens with zero attached hydrogens (tertiary/aromatic N) is 3. The molecule has 174 valence electrons. The number of fused-ring (bicyclic) bond motifs is 7. The molecule has 8 nitrogen and oxygen atoms in total. The van der Waals surface area contributed by atoms with Crippen LogP contribution in [0.4, 0.5) is 25.2 Å². The lowest BCUT2D eigenvalue weighted by atomic mass is 10.0. The number of anilines is 2. The average molecular weight is 450 g/mol. The summed E-state index contributed by atoms with van der Waals surface area (Å²) < 4.78 is 41.7. The third-order valence-corrected chi connectivity index (χ3v) is 5.62. The van der Waals surface area contributed by atoms with Gasteiger partial charge in [-0.2, -0.15) is 13.9 Å². The van der Waals surface area contributed by atoms with E-state index in [-0.39, 0.29) is 30.7 Å². The summed E-state index contributed by atoms with van der Waals surface area (Å²) in [5.74, 6) is -2.17. The molecular weight excluding hydrogens is 420 g/mol. The molecule has 0 spiro atoms. The molecule has 0 unspecified atom stereocenters. The predicted molar refractivity (Wildman–Crippen MR) is 114 cm³/mol. The Morgan fingerprint density at radius 2 is 2.06 bits per heavy atom. The molecule has 0 radical (unpaired) electrons. The highest BCUT2D eigenvalue weighted by molar-refractivity contribution is 5.67.